The van der Waals surface area contributed by atoms with Crippen molar-refractivity contribution in [2.45, 2.75) is 31.7 Å². The van der Waals surface area contributed by atoms with E-state index >= 15 is 0 Å². The number of likely N-dealkylation sites (tertiary alicyclic amines) is 1. The Labute approximate surface area is 152 Å². The molecule has 0 spiro atoms. The maximum Gasteiger partial charge on any atom is 0.252 e. The van der Waals surface area contributed by atoms with E-state index in [0.29, 0.717) is 31.5 Å². The number of carbonyl (C=O) groups excluding carboxylic acids is 2. The number of pyridine rings is 1. The molecule has 1 aromatic carbocycles. The molecule has 26 heavy (non-hydrogen) atoms. The summed E-state index contributed by atoms with van der Waals surface area (Å²) in [6, 6.07) is 9.56. The number of rotatable bonds is 6. The van der Waals surface area contributed by atoms with Gasteiger partial charge in [0.2, 0.25) is 5.91 Å². The number of halogens is 1. The summed E-state index contributed by atoms with van der Waals surface area (Å²) in [6.45, 7) is 0.984. The minimum atomic E-state index is -0.300. The zero-order chi connectivity index (χ0) is 18.4. The Bertz CT molecular complexity index is 767. The van der Waals surface area contributed by atoms with E-state index in [9.17, 15) is 14.0 Å². The molecule has 5 nitrogen and oxygen atoms in total. The molecule has 0 bridgehead atoms. The number of benzene rings is 1. The van der Waals surface area contributed by atoms with Gasteiger partial charge in [0.1, 0.15) is 5.82 Å². The van der Waals surface area contributed by atoms with Crippen LogP contribution in [0, 0.1) is 5.82 Å². The molecule has 0 aliphatic carbocycles. The van der Waals surface area contributed by atoms with Gasteiger partial charge >= 0.3 is 0 Å². The third kappa shape index (κ3) is 4.65. The van der Waals surface area contributed by atoms with Gasteiger partial charge in [0.15, 0.2) is 0 Å². The first-order chi connectivity index (χ1) is 12.6. The molecule has 0 radical (unpaired) electrons. The molecule has 1 aromatic heterocycles. The van der Waals surface area contributed by atoms with Gasteiger partial charge in [-0.25, -0.2) is 4.39 Å². The molecule has 6 heteroatoms. The molecular formula is C20H22FN3O2. The van der Waals surface area contributed by atoms with Gasteiger partial charge in [-0.05, 0) is 49.1 Å². The molecule has 2 amide bonds. The lowest BCUT2D eigenvalue weighted by Crippen LogP contribution is -2.50. The molecular weight excluding hydrogens is 333 g/mol. The lowest BCUT2D eigenvalue weighted by atomic mass is 10.0. The SMILES string of the molecule is O=C(NCC(Cc1cccc(F)c1)N1CCCCC1=O)c1cccnc1. The highest BCUT2D eigenvalue weighted by molar-refractivity contribution is 5.93. The number of hydrogen-bond acceptors (Lipinski definition) is 3. The number of aromatic nitrogens is 1. The highest BCUT2D eigenvalue weighted by Gasteiger charge is 2.26. The molecule has 1 saturated heterocycles. The van der Waals surface area contributed by atoms with Crippen molar-refractivity contribution in [2.24, 2.45) is 0 Å². The van der Waals surface area contributed by atoms with Crippen LogP contribution in [0.4, 0.5) is 4.39 Å². The van der Waals surface area contributed by atoms with Crippen LogP contribution in [0.3, 0.4) is 0 Å². The van der Waals surface area contributed by atoms with Gasteiger partial charge in [0.05, 0.1) is 11.6 Å². The van der Waals surface area contributed by atoms with Crippen LogP contribution in [-0.4, -0.2) is 40.8 Å². The number of nitrogens with one attached hydrogen (secondary N) is 1. The van der Waals surface area contributed by atoms with Gasteiger partial charge in [-0.3, -0.25) is 14.6 Å². The van der Waals surface area contributed by atoms with E-state index in [0.717, 1.165) is 18.4 Å². The first kappa shape index (κ1) is 18.0. The summed E-state index contributed by atoms with van der Waals surface area (Å²) in [6.07, 6.45) is 5.97. The summed E-state index contributed by atoms with van der Waals surface area (Å²) in [5.74, 6) is -0.439. The molecule has 2 heterocycles. The first-order valence-electron chi connectivity index (χ1n) is 8.85. The van der Waals surface area contributed by atoms with Gasteiger partial charge in [-0.15, -0.1) is 0 Å². The van der Waals surface area contributed by atoms with Gasteiger partial charge in [-0.2, -0.15) is 0 Å². The van der Waals surface area contributed by atoms with Crippen LogP contribution in [0.5, 0.6) is 0 Å². The number of carbonyl (C=O) groups is 2. The molecule has 1 unspecified atom stereocenters. The smallest absolute Gasteiger partial charge is 0.252 e. The van der Waals surface area contributed by atoms with Crippen LogP contribution in [0.15, 0.2) is 48.8 Å². The fraction of sp³-hybridized carbons (Fsp3) is 0.350. The number of amides is 2. The van der Waals surface area contributed by atoms with E-state index < -0.39 is 0 Å². The average Bonchev–Trinajstić information content (AvgIpc) is 2.66. The second-order valence-corrected chi connectivity index (χ2v) is 6.48. The molecule has 1 aliphatic rings. The first-order valence-corrected chi connectivity index (χ1v) is 8.85. The summed E-state index contributed by atoms with van der Waals surface area (Å²) in [5.41, 5.74) is 1.28. The Hall–Kier alpha value is -2.76. The largest absolute Gasteiger partial charge is 0.350 e. The van der Waals surface area contributed by atoms with Gasteiger partial charge in [-0.1, -0.05) is 12.1 Å². The minimum Gasteiger partial charge on any atom is -0.350 e. The number of nitrogens with zero attached hydrogens (tertiary/aromatic N) is 2. The Balaban J connectivity index is 1.72. The summed E-state index contributed by atoms with van der Waals surface area (Å²) < 4.78 is 13.5. The third-order valence-electron chi connectivity index (χ3n) is 4.58. The van der Waals surface area contributed by atoms with Crippen molar-refractivity contribution in [3.63, 3.8) is 0 Å². The van der Waals surface area contributed by atoms with Crippen molar-refractivity contribution >= 4 is 11.8 Å². The van der Waals surface area contributed by atoms with Crippen LogP contribution in [0.2, 0.25) is 0 Å². The van der Waals surface area contributed by atoms with Crippen molar-refractivity contribution in [1.29, 1.82) is 0 Å². The van der Waals surface area contributed by atoms with Crippen molar-refractivity contribution in [3.05, 3.63) is 65.7 Å². The highest BCUT2D eigenvalue weighted by Crippen LogP contribution is 2.17. The molecule has 1 atom stereocenters. The maximum atomic E-state index is 13.5. The summed E-state index contributed by atoms with van der Waals surface area (Å²) >= 11 is 0. The predicted octanol–water partition coefficient (Wildman–Crippen LogP) is 2.57. The van der Waals surface area contributed by atoms with Crippen LogP contribution in [0.25, 0.3) is 0 Å². The predicted molar refractivity (Wildman–Crippen MR) is 96.0 cm³/mol. The topological polar surface area (TPSA) is 62.3 Å². The Morgan fingerprint density at radius 3 is 2.88 bits per heavy atom. The Kier molecular flexibility index (Phi) is 5.94. The number of hydrogen-bond donors (Lipinski definition) is 1. The Morgan fingerprint density at radius 1 is 1.27 bits per heavy atom. The third-order valence-corrected chi connectivity index (χ3v) is 4.58. The molecule has 2 aromatic rings. The van der Waals surface area contributed by atoms with Gasteiger partial charge < -0.3 is 10.2 Å². The van der Waals surface area contributed by atoms with E-state index in [1.165, 1.54) is 18.3 Å². The standard InChI is InChI=1S/C20H22FN3O2/c21-17-7-3-5-15(11-17)12-18(24-10-2-1-8-19(24)25)14-23-20(26)16-6-4-9-22-13-16/h3-7,9,11,13,18H,1-2,8,10,12,14H2,(H,23,26). The normalized spacial score (nSPS) is 15.6. The summed E-state index contributed by atoms with van der Waals surface area (Å²) in [5, 5.41) is 2.89. The summed E-state index contributed by atoms with van der Waals surface area (Å²) in [4.78, 5) is 30.4. The minimum absolute atomic E-state index is 0.0910. The van der Waals surface area contributed by atoms with Crippen LogP contribution in [-0.2, 0) is 11.2 Å². The Morgan fingerprint density at radius 2 is 2.15 bits per heavy atom. The van der Waals surface area contributed by atoms with E-state index in [4.69, 9.17) is 0 Å². The molecule has 3 rings (SSSR count). The second-order valence-electron chi connectivity index (χ2n) is 6.48. The maximum absolute atomic E-state index is 13.5. The van der Waals surface area contributed by atoms with Crippen LogP contribution in [0.1, 0.15) is 35.2 Å². The number of piperidine rings is 1. The van der Waals surface area contributed by atoms with Gasteiger partial charge in [0.25, 0.3) is 5.91 Å². The van der Waals surface area contributed by atoms with E-state index in [-0.39, 0.29) is 23.7 Å². The zero-order valence-corrected chi connectivity index (χ0v) is 14.5. The lowest BCUT2D eigenvalue weighted by Gasteiger charge is -2.35. The van der Waals surface area contributed by atoms with Crippen molar-refractivity contribution in [1.82, 2.24) is 15.2 Å². The quantitative estimate of drug-likeness (QED) is 0.866. The van der Waals surface area contributed by atoms with Crippen LogP contribution < -0.4 is 5.32 Å². The fourth-order valence-electron chi connectivity index (χ4n) is 3.25. The highest BCUT2D eigenvalue weighted by atomic mass is 19.1. The van der Waals surface area contributed by atoms with E-state index in [1.807, 2.05) is 11.0 Å². The van der Waals surface area contributed by atoms with Crippen molar-refractivity contribution in [2.75, 3.05) is 13.1 Å². The molecule has 1 fully saturated rings. The monoisotopic (exact) mass is 355 g/mol. The van der Waals surface area contributed by atoms with E-state index in [1.54, 1.807) is 24.4 Å². The average molecular weight is 355 g/mol. The molecule has 1 N–H and O–H groups in total. The zero-order valence-electron chi connectivity index (χ0n) is 14.5. The molecule has 0 saturated carbocycles. The summed E-state index contributed by atoms with van der Waals surface area (Å²) in [7, 11) is 0. The van der Waals surface area contributed by atoms with Crippen molar-refractivity contribution in [3.8, 4) is 0 Å². The second kappa shape index (κ2) is 8.56. The van der Waals surface area contributed by atoms with Gasteiger partial charge in [0, 0.05) is 31.9 Å². The lowest BCUT2D eigenvalue weighted by molar-refractivity contribution is -0.135. The van der Waals surface area contributed by atoms with E-state index in [2.05, 4.69) is 10.3 Å². The fourth-order valence-corrected chi connectivity index (χ4v) is 3.25. The molecule has 136 valence electrons. The molecule has 1 aliphatic heterocycles. The van der Waals surface area contributed by atoms with Crippen molar-refractivity contribution < 1.29 is 14.0 Å². The van der Waals surface area contributed by atoms with Crippen LogP contribution >= 0.6 is 0 Å².